The topological polar surface area (TPSA) is 29.5 Å². The minimum absolute atomic E-state index is 0.337. The molecule has 1 unspecified atom stereocenters. The molecule has 1 heterocycles. The van der Waals surface area contributed by atoms with E-state index in [4.69, 9.17) is 9.84 Å². The molecule has 1 atom stereocenters. The van der Waals surface area contributed by atoms with Crippen LogP contribution in [0.25, 0.3) is 0 Å². The summed E-state index contributed by atoms with van der Waals surface area (Å²) in [6.07, 6.45) is 5.38. The van der Waals surface area contributed by atoms with Crippen molar-refractivity contribution < 1.29 is 9.84 Å². The third-order valence-electron chi connectivity index (χ3n) is 2.80. The van der Waals surface area contributed by atoms with Crippen molar-refractivity contribution in [1.82, 2.24) is 0 Å². The van der Waals surface area contributed by atoms with Crippen LogP contribution < -0.4 is 0 Å². The van der Waals surface area contributed by atoms with Crippen molar-refractivity contribution in [3.05, 3.63) is 24.3 Å². The van der Waals surface area contributed by atoms with Gasteiger partial charge in [0.15, 0.2) is 0 Å². The predicted octanol–water partition coefficient (Wildman–Crippen LogP) is 3.44. The number of aromatic hydroxyl groups is 1. The van der Waals surface area contributed by atoms with Crippen molar-refractivity contribution in [1.29, 1.82) is 0 Å². The number of ether oxygens (including phenoxy) is 1. The number of phenols is 1. The third-order valence-corrected chi connectivity index (χ3v) is 3.90. The van der Waals surface area contributed by atoms with Crippen molar-refractivity contribution >= 4 is 11.8 Å². The highest BCUT2D eigenvalue weighted by Gasteiger charge is 2.14. The van der Waals surface area contributed by atoms with E-state index in [1.165, 1.54) is 30.6 Å². The van der Waals surface area contributed by atoms with Gasteiger partial charge >= 0.3 is 0 Å². The molecule has 0 saturated carbocycles. The average molecular weight is 238 g/mol. The van der Waals surface area contributed by atoms with Gasteiger partial charge in [-0.05, 0) is 55.7 Å². The SMILES string of the molecule is Oc1ccc(SCCCC2CCCO2)cc1. The summed E-state index contributed by atoms with van der Waals surface area (Å²) >= 11 is 1.85. The minimum Gasteiger partial charge on any atom is -0.508 e. The van der Waals surface area contributed by atoms with Crippen LogP contribution in [0.3, 0.4) is 0 Å². The summed E-state index contributed by atoms with van der Waals surface area (Å²) in [5, 5.41) is 9.15. The Bertz CT molecular complexity index is 304. The summed E-state index contributed by atoms with van der Waals surface area (Å²) in [5.74, 6) is 1.47. The third kappa shape index (κ3) is 3.72. The first-order valence-electron chi connectivity index (χ1n) is 5.88. The number of thioether (sulfide) groups is 1. The summed E-state index contributed by atoms with van der Waals surface area (Å²) < 4.78 is 5.58. The molecular weight excluding hydrogens is 220 g/mol. The monoisotopic (exact) mass is 238 g/mol. The molecule has 1 aromatic rings. The number of rotatable bonds is 5. The van der Waals surface area contributed by atoms with Gasteiger partial charge < -0.3 is 9.84 Å². The lowest BCUT2D eigenvalue weighted by Gasteiger charge is -2.08. The van der Waals surface area contributed by atoms with Crippen LogP contribution in [0.2, 0.25) is 0 Å². The van der Waals surface area contributed by atoms with Crippen LogP contribution in [0.15, 0.2) is 29.2 Å². The van der Waals surface area contributed by atoms with E-state index < -0.39 is 0 Å². The average Bonchev–Trinajstić information content (AvgIpc) is 2.80. The molecule has 0 spiro atoms. The van der Waals surface area contributed by atoms with E-state index in [1.54, 1.807) is 12.1 Å². The fraction of sp³-hybridized carbons (Fsp3) is 0.538. The Kier molecular flexibility index (Phi) is 4.55. The molecule has 2 nitrogen and oxygen atoms in total. The highest BCUT2D eigenvalue weighted by molar-refractivity contribution is 7.99. The second-order valence-electron chi connectivity index (χ2n) is 4.12. The molecule has 0 bridgehead atoms. The van der Waals surface area contributed by atoms with Crippen LogP contribution in [0, 0.1) is 0 Å². The highest BCUT2D eigenvalue weighted by atomic mass is 32.2. The molecule has 1 N–H and O–H groups in total. The summed E-state index contributed by atoms with van der Waals surface area (Å²) in [4.78, 5) is 1.23. The second kappa shape index (κ2) is 6.16. The van der Waals surface area contributed by atoms with E-state index in [2.05, 4.69) is 0 Å². The summed E-state index contributed by atoms with van der Waals surface area (Å²) in [5.41, 5.74) is 0. The molecule has 2 rings (SSSR count). The Hall–Kier alpha value is -0.670. The van der Waals surface area contributed by atoms with Gasteiger partial charge in [0.25, 0.3) is 0 Å². The van der Waals surface area contributed by atoms with E-state index in [9.17, 15) is 0 Å². The van der Waals surface area contributed by atoms with Crippen LogP contribution in [-0.4, -0.2) is 23.6 Å². The van der Waals surface area contributed by atoms with Gasteiger partial charge in [-0.1, -0.05) is 0 Å². The Morgan fingerprint density at radius 3 is 2.81 bits per heavy atom. The minimum atomic E-state index is 0.337. The van der Waals surface area contributed by atoms with E-state index in [0.717, 1.165) is 12.4 Å². The first-order chi connectivity index (χ1) is 7.84. The zero-order chi connectivity index (χ0) is 11.2. The first-order valence-corrected chi connectivity index (χ1v) is 6.86. The molecule has 0 radical (unpaired) electrons. The molecule has 3 heteroatoms. The van der Waals surface area contributed by atoms with Gasteiger partial charge in [0.05, 0.1) is 6.10 Å². The van der Waals surface area contributed by atoms with Gasteiger partial charge in [0.1, 0.15) is 5.75 Å². The summed E-state index contributed by atoms with van der Waals surface area (Å²) in [6, 6.07) is 7.41. The van der Waals surface area contributed by atoms with E-state index in [-0.39, 0.29) is 0 Å². The Balaban J connectivity index is 1.62. The first kappa shape index (κ1) is 11.8. The van der Waals surface area contributed by atoms with Crippen LogP contribution in [-0.2, 0) is 4.74 Å². The molecule has 0 aromatic heterocycles. The molecule has 1 saturated heterocycles. The lowest BCUT2D eigenvalue weighted by atomic mass is 10.1. The molecule has 0 aliphatic carbocycles. The van der Waals surface area contributed by atoms with Crippen molar-refractivity contribution in [3.8, 4) is 5.75 Å². The lowest BCUT2D eigenvalue weighted by molar-refractivity contribution is 0.104. The van der Waals surface area contributed by atoms with Gasteiger partial charge in [-0.3, -0.25) is 0 Å². The van der Waals surface area contributed by atoms with Crippen LogP contribution in [0.4, 0.5) is 0 Å². The maximum Gasteiger partial charge on any atom is 0.115 e. The quantitative estimate of drug-likeness (QED) is 0.629. The Morgan fingerprint density at radius 2 is 2.12 bits per heavy atom. The molecular formula is C13H18O2S. The number of benzene rings is 1. The zero-order valence-electron chi connectivity index (χ0n) is 9.39. The van der Waals surface area contributed by atoms with Crippen LogP contribution in [0.1, 0.15) is 25.7 Å². The Labute approximate surface area is 101 Å². The van der Waals surface area contributed by atoms with E-state index in [1.807, 2.05) is 23.9 Å². The van der Waals surface area contributed by atoms with Gasteiger partial charge in [-0.2, -0.15) is 0 Å². The van der Waals surface area contributed by atoms with Crippen molar-refractivity contribution in [2.45, 2.75) is 36.7 Å². The smallest absolute Gasteiger partial charge is 0.115 e. The number of hydrogen-bond acceptors (Lipinski definition) is 3. The standard InChI is InChI=1S/C13H18O2S/c14-11-5-7-13(8-6-11)16-10-2-4-12-3-1-9-15-12/h5-8,12,14H,1-4,9-10H2. The predicted molar refractivity (Wildman–Crippen MR) is 67.0 cm³/mol. The molecule has 1 aromatic carbocycles. The fourth-order valence-electron chi connectivity index (χ4n) is 1.92. The molecule has 1 aliphatic heterocycles. The summed E-state index contributed by atoms with van der Waals surface area (Å²) in [6.45, 7) is 0.954. The largest absolute Gasteiger partial charge is 0.508 e. The summed E-state index contributed by atoms with van der Waals surface area (Å²) in [7, 11) is 0. The van der Waals surface area contributed by atoms with E-state index in [0.29, 0.717) is 11.9 Å². The van der Waals surface area contributed by atoms with Crippen molar-refractivity contribution in [3.63, 3.8) is 0 Å². The molecule has 16 heavy (non-hydrogen) atoms. The molecule has 1 fully saturated rings. The highest BCUT2D eigenvalue weighted by Crippen LogP contribution is 2.23. The Morgan fingerprint density at radius 1 is 1.31 bits per heavy atom. The zero-order valence-corrected chi connectivity index (χ0v) is 10.2. The maximum absolute atomic E-state index is 9.15. The normalized spacial score (nSPS) is 20.1. The maximum atomic E-state index is 9.15. The van der Waals surface area contributed by atoms with Crippen molar-refractivity contribution in [2.24, 2.45) is 0 Å². The number of phenolic OH excluding ortho intramolecular Hbond substituents is 1. The second-order valence-corrected chi connectivity index (χ2v) is 5.29. The molecule has 88 valence electrons. The van der Waals surface area contributed by atoms with Gasteiger partial charge in [-0.15, -0.1) is 11.8 Å². The lowest BCUT2D eigenvalue weighted by Crippen LogP contribution is -2.04. The number of hydrogen-bond donors (Lipinski definition) is 1. The van der Waals surface area contributed by atoms with Crippen LogP contribution in [0.5, 0.6) is 5.75 Å². The van der Waals surface area contributed by atoms with Gasteiger partial charge in [0, 0.05) is 11.5 Å². The van der Waals surface area contributed by atoms with Gasteiger partial charge in [-0.25, -0.2) is 0 Å². The molecule has 0 amide bonds. The van der Waals surface area contributed by atoms with Crippen molar-refractivity contribution in [2.75, 3.05) is 12.4 Å². The fourth-order valence-corrected chi connectivity index (χ4v) is 2.79. The molecule has 1 aliphatic rings. The van der Waals surface area contributed by atoms with Gasteiger partial charge in [0.2, 0.25) is 0 Å². The van der Waals surface area contributed by atoms with Crippen LogP contribution >= 0.6 is 11.8 Å². The van der Waals surface area contributed by atoms with E-state index >= 15 is 0 Å².